The molecule has 0 aromatic rings. The molecule has 1 saturated heterocycles. The highest BCUT2D eigenvalue weighted by molar-refractivity contribution is 5.26. The van der Waals surface area contributed by atoms with Gasteiger partial charge in [-0.25, -0.2) is 0 Å². The largest absolute Gasteiger partial charge is 0.396 e. The van der Waals surface area contributed by atoms with E-state index in [0.717, 1.165) is 56.8 Å². The summed E-state index contributed by atoms with van der Waals surface area (Å²) >= 11 is 0. The Morgan fingerprint density at radius 1 is 1.13 bits per heavy atom. The summed E-state index contributed by atoms with van der Waals surface area (Å²) in [4.78, 5) is 0. The van der Waals surface area contributed by atoms with Gasteiger partial charge in [0.25, 0.3) is 0 Å². The van der Waals surface area contributed by atoms with Crippen molar-refractivity contribution < 1.29 is 20.1 Å². The maximum atomic E-state index is 11.3. The predicted octanol–water partition coefficient (Wildman–Crippen LogP) is 4.42. The van der Waals surface area contributed by atoms with E-state index in [-0.39, 0.29) is 35.6 Å². The Balaban J connectivity index is 1.38. The summed E-state index contributed by atoms with van der Waals surface area (Å²) < 4.78 is 6.44. The topological polar surface area (TPSA) is 69.9 Å². The summed E-state index contributed by atoms with van der Waals surface area (Å²) in [5.74, 6) is 1.71. The molecule has 0 spiro atoms. The number of unbranched alkanes of at least 4 members (excludes halogenated alkanes) is 1. The Morgan fingerprint density at radius 2 is 1.93 bits per heavy atom. The van der Waals surface area contributed by atoms with Crippen molar-refractivity contribution in [3.05, 3.63) is 11.6 Å². The number of aliphatic hydroxyl groups excluding tert-OH is 2. The molecule has 0 bridgehead atoms. The van der Waals surface area contributed by atoms with E-state index < -0.39 is 5.79 Å². The first kappa shape index (κ1) is 21.4. The summed E-state index contributed by atoms with van der Waals surface area (Å²) in [6.07, 6.45) is 12.5. The van der Waals surface area contributed by atoms with E-state index in [1.165, 1.54) is 18.4 Å². The number of aliphatic hydroxyl groups is 3. The molecule has 3 saturated carbocycles. The number of hydrogen-bond donors (Lipinski definition) is 3. The van der Waals surface area contributed by atoms with Gasteiger partial charge < -0.3 is 20.1 Å². The molecule has 4 aliphatic carbocycles. The third kappa shape index (κ3) is 2.93. The van der Waals surface area contributed by atoms with Crippen molar-refractivity contribution in [2.45, 2.75) is 103 Å². The molecule has 4 heteroatoms. The predicted molar refractivity (Wildman–Crippen MR) is 117 cm³/mol. The second-order valence-corrected chi connectivity index (χ2v) is 11.9. The number of rotatable bonds is 4. The molecule has 4 fully saturated rings. The van der Waals surface area contributed by atoms with Crippen molar-refractivity contribution in [1.82, 2.24) is 0 Å². The SMILES string of the molecule is CC1C2C(CC3C4CC=C5C[C@@H](O)CC[C@]5(C)C4CC[C@@]32C)O[C@]1(O)CCCCO. The lowest BCUT2D eigenvalue weighted by atomic mass is 9.47. The number of allylic oxidation sites excluding steroid dienone is 1. The van der Waals surface area contributed by atoms with Gasteiger partial charge in [0.15, 0.2) is 5.79 Å². The Hall–Kier alpha value is -0.420. The maximum absolute atomic E-state index is 11.3. The van der Waals surface area contributed by atoms with Gasteiger partial charge in [0, 0.05) is 18.9 Å². The lowest BCUT2D eigenvalue weighted by molar-refractivity contribution is -0.219. The fraction of sp³-hybridized carbons (Fsp3) is 0.923. The molecule has 0 aromatic carbocycles. The first-order valence-corrected chi connectivity index (χ1v) is 12.6. The van der Waals surface area contributed by atoms with E-state index in [9.17, 15) is 10.2 Å². The molecule has 5 rings (SSSR count). The molecular formula is C26H42O4. The first-order chi connectivity index (χ1) is 14.2. The summed E-state index contributed by atoms with van der Waals surface area (Å²) in [7, 11) is 0. The molecule has 0 aromatic heterocycles. The Kier molecular flexibility index (Phi) is 5.21. The van der Waals surface area contributed by atoms with Gasteiger partial charge in [0.2, 0.25) is 0 Å². The number of ether oxygens (including phenoxy) is 1. The van der Waals surface area contributed by atoms with Crippen LogP contribution in [0.2, 0.25) is 0 Å². The van der Waals surface area contributed by atoms with Crippen LogP contribution in [0.5, 0.6) is 0 Å². The summed E-state index contributed by atoms with van der Waals surface area (Å²) in [6.45, 7) is 7.39. The molecule has 1 heterocycles. The van der Waals surface area contributed by atoms with Crippen LogP contribution in [-0.4, -0.2) is 39.9 Å². The lowest BCUT2D eigenvalue weighted by Gasteiger charge is -2.58. The highest BCUT2D eigenvalue weighted by atomic mass is 16.6. The van der Waals surface area contributed by atoms with Crippen LogP contribution in [0, 0.1) is 40.4 Å². The van der Waals surface area contributed by atoms with Crippen molar-refractivity contribution in [3.8, 4) is 0 Å². The zero-order chi connectivity index (χ0) is 21.3. The second-order valence-electron chi connectivity index (χ2n) is 11.9. The molecule has 0 radical (unpaired) electrons. The van der Waals surface area contributed by atoms with Crippen molar-refractivity contribution in [3.63, 3.8) is 0 Å². The minimum absolute atomic E-state index is 0.140. The Labute approximate surface area is 182 Å². The van der Waals surface area contributed by atoms with Gasteiger partial charge in [-0.1, -0.05) is 32.4 Å². The zero-order valence-corrected chi connectivity index (χ0v) is 19.1. The Bertz CT molecular complexity index is 705. The average molecular weight is 419 g/mol. The van der Waals surface area contributed by atoms with Crippen molar-refractivity contribution in [1.29, 1.82) is 0 Å². The van der Waals surface area contributed by atoms with E-state index in [1.54, 1.807) is 0 Å². The quantitative estimate of drug-likeness (QED) is 0.467. The third-order valence-corrected chi connectivity index (χ3v) is 10.7. The van der Waals surface area contributed by atoms with Crippen LogP contribution in [0.3, 0.4) is 0 Å². The van der Waals surface area contributed by atoms with Crippen LogP contribution in [0.4, 0.5) is 0 Å². The standard InChI is InChI=1S/C26H42O4/c1-16-23-22(30-26(16,29)10-4-5-13-27)15-21-19-7-6-17-14-18(28)8-11-24(17,2)20(19)9-12-25(21,23)3/h6,16,18-23,27-29H,4-5,7-15H2,1-3H3/t16?,18-,19?,20?,21?,22?,23?,24-,25-,26+/m0/s1. The van der Waals surface area contributed by atoms with Gasteiger partial charge in [0.05, 0.1) is 12.2 Å². The van der Waals surface area contributed by atoms with Gasteiger partial charge in [-0.2, -0.15) is 0 Å². The first-order valence-electron chi connectivity index (χ1n) is 12.6. The molecule has 3 N–H and O–H groups in total. The minimum atomic E-state index is -1.01. The van der Waals surface area contributed by atoms with E-state index in [2.05, 4.69) is 26.8 Å². The van der Waals surface area contributed by atoms with E-state index in [0.29, 0.717) is 18.3 Å². The van der Waals surface area contributed by atoms with Crippen LogP contribution in [0.25, 0.3) is 0 Å². The van der Waals surface area contributed by atoms with Crippen LogP contribution in [-0.2, 0) is 4.74 Å². The number of hydrogen-bond acceptors (Lipinski definition) is 4. The van der Waals surface area contributed by atoms with Gasteiger partial charge >= 0.3 is 0 Å². The Morgan fingerprint density at radius 3 is 2.70 bits per heavy atom. The van der Waals surface area contributed by atoms with Crippen LogP contribution in [0.1, 0.15) is 85.0 Å². The fourth-order valence-corrected chi connectivity index (χ4v) is 9.11. The minimum Gasteiger partial charge on any atom is -0.396 e. The van der Waals surface area contributed by atoms with Gasteiger partial charge in [-0.15, -0.1) is 0 Å². The maximum Gasteiger partial charge on any atom is 0.168 e. The molecule has 5 aliphatic rings. The molecule has 0 amide bonds. The summed E-state index contributed by atoms with van der Waals surface area (Å²) in [6, 6.07) is 0. The monoisotopic (exact) mass is 418 g/mol. The zero-order valence-electron chi connectivity index (χ0n) is 19.1. The van der Waals surface area contributed by atoms with E-state index in [4.69, 9.17) is 9.84 Å². The second kappa shape index (κ2) is 7.30. The molecule has 30 heavy (non-hydrogen) atoms. The van der Waals surface area contributed by atoms with E-state index in [1.807, 2.05) is 0 Å². The van der Waals surface area contributed by atoms with Gasteiger partial charge in [-0.05, 0) is 92.3 Å². The lowest BCUT2D eigenvalue weighted by Crippen LogP contribution is -2.51. The molecule has 1 aliphatic heterocycles. The molecule has 10 atom stereocenters. The summed E-state index contributed by atoms with van der Waals surface area (Å²) in [5.41, 5.74) is 2.06. The van der Waals surface area contributed by atoms with Crippen molar-refractivity contribution in [2.24, 2.45) is 40.4 Å². The average Bonchev–Trinajstić information content (AvgIpc) is 3.13. The third-order valence-electron chi connectivity index (χ3n) is 10.7. The smallest absolute Gasteiger partial charge is 0.168 e. The summed E-state index contributed by atoms with van der Waals surface area (Å²) in [5, 5.41) is 30.7. The van der Waals surface area contributed by atoms with Gasteiger partial charge in [0.1, 0.15) is 0 Å². The molecule has 4 nitrogen and oxygen atoms in total. The van der Waals surface area contributed by atoms with Crippen LogP contribution >= 0.6 is 0 Å². The van der Waals surface area contributed by atoms with Gasteiger partial charge in [-0.3, -0.25) is 0 Å². The molecule has 6 unspecified atom stereocenters. The normalized spacial score (nSPS) is 54.7. The van der Waals surface area contributed by atoms with Crippen LogP contribution < -0.4 is 0 Å². The molecule has 170 valence electrons. The molecular weight excluding hydrogens is 376 g/mol. The highest BCUT2D eigenvalue weighted by Crippen LogP contribution is 2.70. The number of fused-ring (bicyclic) bond motifs is 7. The van der Waals surface area contributed by atoms with Crippen molar-refractivity contribution >= 4 is 0 Å². The highest BCUT2D eigenvalue weighted by Gasteiger charge is 2.67. The van der Waals surface area contributed by atoms with E-state index >= 15 is 0 Å². The van der Waals surface area contributed by atoms with Crippen LogP contribution in [0.15, 0.2) is 11.6 Å². The van der Waals surface area contributed by atoms with Crippen molar-refractivity contribution in [2.75, 3.05) is 6.61 Å². The fourth-order valence-electron chi connectivity index (χ4n) is 9.11.